The van der Waals surface area contributed by atoms with Crippen molar-refractivity contribution in [2.24, 2.45) is 5.92 Å². The second-order valence-electron chi connectivity index (χ2n) is 3.99. The number of hydrogen-bond acceptors (Lipinski definition) is 1. The lowest BCUT2D eigenvalue weighted by Gasteiger charge is -2.32. The minimum absolute atomic E-state index is 0.0239. The van der Waals surface area contributed by atoms with E-state index in [9.17, 15) is 18.0 Å². The molecule has 1 fully saturated rings. The van der Waals surface area contributed by atoms with Gasteiger partial charge < -0.3 is 4.90 Å². The van der Waals surface area contributed by atoms with Crippen molar-refractivity contribution >= 4 is 17.5 Å². The Morgan fingerprint density at radius 1 is 1.31 bits per heavy atom. The highest BCUT2D eigenvalue weighted by molar-refractivity contribution is 6.17. The zero-order chi connectivity index (χ0) is 12.2. The molecule has 0 radical (unpaired) electrons. The van der Waals surface area contributed by atoms with Crippen LogP contribution in [0.4, 0.5) is 13.2 Å². The molecule has 0 aromatic carbocycles. The van der Waals surface area contributed by atoms with Crippen LogP contribution in [0.3, 0.4) is 0 Å². The molecular formula is C10H15ClF3NO. The Hall–Kier alpha value is -0.450. The minimum atomic E-state index is -4.12. The van der Waals surface area contributed by atoms with Crippen LogP contribution in [0.5, 0.6) is 0 Å². The van der Waals surface area contributed by atoms with Gasteiger partial charge in [-0.3, -0.25) is 4.79 Å². The van der Waals surface area contributed by atoms with E-state index >= 15 is 0 Å². The van der Waals surface area contributed by atoms with Crippen molar-refractivity contribution in [3.8, 4) is 0 Å². The van der Waals surface area contributed by atoms with Crippen LogP contribution in [0.15, 0.2) is 0 Å². The number of piperidine rings is 1. The Balaban J connectivity index is 2.34. The summed E-state index contributed by atoms with van der Waals surface area (Å²) in [5.74, 6) is -0.920. The molecule has 0 aromatic rings. The van der Waals surface area contributed by atoms with Crippen molar-refractivity contribution in [2.45, 2.75) is 31.9 Å². The van der Waals surface area contributed by atoms with Gasteiger partial charge in [-0.2, -0.15) is 13.2 Å². The molecule has 0 unspecified atom stereocenters. The van der Waals surface area contributed by atoms with Crippen molar-refractivity contribution < 1.29 is 18.0 Å². The number of nitrogens with zero attached hydrogens (tertiary/aromatic N) is 1. The summed E-state index contributed by atoms with van der Waals surface area (Å²) in [4.78, 5) is 13.0. The molecule has 0 atom stereocenters. The molecule has 6 heteroatoms. The van der Waals surface area contributed by atoms with Crippen LogP contribution in [0, 0.1) is 5.92 Å². The van der Waals surface area contributed by atoms with E-state index in [-0.39, 0.29) is 31.8 Å². The summed E-state index contributed by atoms with van der Waals surface area (Å²) in [5.41, 5.74) is 0. The quantitative estimate of drug-likeness (QED) is 0.712. The van der Waals surface area contributed by atoms with E-state index < -0.39 is 12.1 Å². The Morgan fingerprint density at radius 2 is 1.88 bits per heavy atom. The monoisotopic (exact) mass is 257 g/mol. The normalized spacial score (nSPS) is 18.9. The topological polar surface area (TPSA) is 20.3 Å². The summed E-state index contributed by atoms with van der Waals surface area (Å²) in [6.07, 6.45) is -3.16. The van der Waals surface area contributed by atoms with Crippen LogP contribution >= 0.6 is 11.6 Å². The fraction of sp³-hybridized carbons (Fsp3) is 0.900. The van der Waals surface area contributed by atoms with Crippen LogP contribution in [-0.4, -0.2) is 36.0 Å². The highest BCUT2D eigenvalue weighted by Gasteiger charge is 2.41. The first kappa shape index (κ1) is 13.6. The molecule has 0 bridgehead atoms. The Kier molecular flexibility index (Phi) is 4.89. The maximum Gasteiger partial charge on any atom is 0.391 e. The lowest BCUT2D eigenvalue weighted by molar-refractivity contribution is -0.186. The molecule has 0 aliphatic carbocycles. The number of likely N-dealkylation sites (tertiary alicyclic amines) is 1. The van der Waals surface area contributed by atoms with Gasteiger partial charge in [0.15, 0.2) is 0 Å². The number of hydrogen-bond donors (Lipinski definition) is 0. The summed E-state index contributed by atoms with van der Waals surface area (Å²) < 4.78 is 37.1. The molecule has 0 saturated carbocycles. The summed E-state index contributed by atoms with van der Waals surface area (Å²) in [6, 6.07) is 0. The molecule has 94 valence electrons. The molecule has 16 heavy (non-hydrogen) atoms. The highest BCUT2D eigenvalue weighted by atomic mass is 35.5. The first-order valence-electron chi connectivity index (χ1n) is 5.35. The summed E-state index contributed by atoms with van der Waals surface area (Å²) >= 11 is 5.45. The molecule has 1 heterocycles. The van der Waals surface area contributed by atoms with Gasteiger partial charge in [-0.1, -0.05) is 0 Å². The van der Waals surface area contributed by atoms with Gasteiger partial charge in [0.05, 0.1) is 5.92 Å². The predicted octanol–water partition coefficient (Wildman–Crippen LogP) is 2.81. The third kappa shape index (κ3) is 3.85. The molecular weight excluding hydrogens is 243 g/mol. The third-order valence-corrected chi connectivity index (χ3v) is 3.10. The van der Waals surface area contributed by atoms with Crippen LogP contribution in [0.25, 0.3) is 0 Å². The van der Waals surface area contributed by atoms with Gasteiger partial charge in [0.2, 0.25) is 5.91 Å². The number of halogens is 4. The van der Waals surface area contributed by atoms with Crippen molar-refractivity contribution in [1.82, 2.24) is 4.90 Å². The molecule has 1 rings (SSSR count). The van der Waals surface area contributed by atoms with Crippen LogP contribution in [0.2, 0.25) is 0 Å². The standard InChI is InChI=1S/C10H15ClF3NO/c11-5-1-2-9(16)15-6-3-8(4-7-15)10(12,13)14/h8H,1-7H2. The average Bonchev–Trinajstić information content (AvgIpc) is 2.25. The van der Waals surface area contributed by atoms with E-state index in [1.807, 2.05) is 0 Å². The minimum Gasteiger partial charge on any atom is -0.343 e. The van der Waals surface area contributed by atoms with Crippen molar-refractivity contribution in [3.05, 3.63) is 0 Å². The van der Waals surface area contributed by atoms with Crippen LogP contribution < -0.4 is 0 Å². The third-order valence-electron chi connectivity index (χ3n) is 2.83. The van der Waals surface area contributed by atoms with Crippen molar-refractivity contribution in [2.75, 3.05) is 19.0 Å². The molecule has 0 aromatic heterocycles. The van der Waals surface area contributed by atoms with E-state index in [4.69, 9.17) is 11.6 Å². The molecule has 1 aliphatic rings. The van der Waals surface area contributed by atoms with E-state index in [2.05, 4.69) is 0 Å². The van der Waals surface area contributed by atoms with E-state index in [0.29, 0.717) is 18.7 Å². The number of amides is 1. The summed E-state index contributed by atoms with van der Waals surface area (Å²) in [6.45, 7) is 0.427. The van der Waals surface area contributed by atoms with E-state index in [1.54, 1.807) is 0 Å². The molecule has 1 saturated heterocycles. The van der Waals surface area contributed by atoms with Crippen molar-refractivity contribution in [3.63, 3.8) is 0 Å². The smallest absolute Gasteiger partial charge is 0.343 e. The Morgan fingerprint density at radius 3 is 2.31 bits per heavy atom. The van der Waals surface area contributed by atoms with Crippen LogP contribution in [0.1, 0.15) is 25.7 Å². The average molecular weight is 258 g/mol. The fourth-order valence-electron chi connectivity index (χ4n) is 1.83. The SMILES string of the molecule is O=C(CCCCl)N1CCC(C(F)(F)F)CC1. The van der Waals surface area contributed by atoms with Gasteiger partial charge in [-0.05, 0) is 19.3 Å². The molecule has 0 N–H and O–H groups in total. The van der Waals surface area contributed by atoms with E-state index in [1.165, 1.54) is 4.90 Å². The number of carbonyl (C=O) groups is 1. The Bertz CT molecular complexity index is 237. The predicted molar refractivity (Wildman–Crippen MR) is 55.3 cm³/mol. The van der Waals surface area contributed by atoms with Gasteiger partial charge in [0, 0.05) is 25.4 Å². The molecule has 2 nitrogen and oxygen atoms in total. The van der Waals surface area contributed by atoms with Crippen molar-refractivity contribution in [1.29, 1.82) is 0 Å². The fourth-order valence-corrected chi connectivity index (χ4v) is 1.97. The van der Waals surface area contributed by atoms with Crippen LogP contribution in [-0.2, 0) is 4.79 Å². The summed E-state index contributed by atoms with van der Waals surface area (Å²) in [7, 11) is 0. The van der Waals surface area contributed by atoms with Gasteiger partial charge in [0.1, 0.15) is 0 Å². The highest BCUT2D eigenvalue weighted by Crippen LogP contribution is 2.34. The zero-order valence-corrected chi connectivity index (χ0v) is 9.65. The second-order valence-corrected chi connectivity index (χ2v) is 4.37. The van der Waals surface area contributed by atoms with Gasteiger partial charge in [-0.15, -0.1) is 11.6 Å². The maximum absolute atomic E-state index is 12.4. The maximum atomic E-state index is 12.4. The van der Waals surface area contributed by atoms with Gasteiger partial charge in [0.25, 0.3) is 0 Å². The van der Waals surface area contributed by atoms with Gasteiger partial charge in [-0.25, -0.2) is 0 Å². The zero-order valence-electron chi connectivity index (χ0n) is 8.89. The first-order valence-corrected chi connectivity index (χ1v) is 5.89. The largest absolute Gasteiger partial charge is 0.391 e. The molecule has 0 spiro atoms. The molecule has 1 amide bonds. The number of alkyl halides is 4. The Labute approximate surface area is 97.7 Å². The lowest BCUT2D eigenvalue weighted by Crippen LogP contribution is -2.42. The number of carbonyl (C=O) groups excluding carboxylic acids is 1. The lowest BCUT2D eigenvalue weighted by atomic mass is 9.96. The first-order chi connectivity index (χ1) is 7.45. The van der Waals surface area contributed by atoms with Gasteiger partial charge >= 0.3 is 6.18 Å². The summed E-state index contributed by atoms with van der Waals surface area (Å²) in [5, 5.41) is 0. The van der Waals surface area contributed by atoms with E-state index in [0.717, 1.165) is 0 Å². The second kappa shape index (κ2) is 5.75. The molecule has 1 aliphatic heterocycles. The number of rotatable bonds is 3.